The summed E-state index contributed by atoms with van der Waals surface area (Å²) in [6, 6.07) is 9.18. The molecule has 0 aliphatic rings. The first-order chi connectivity index (χ1) is 13.0. The Kier molecular flexibility index (Phi) is 5.71. The van der Waals surface area contributed by atoms with Crippen LogP contribution in [0.1, 0.15) is 34.3 Å². The number of carbonyl (C=O) groups is 2. The summed E-state index contributed by atoms with van der Waals surface area (Å²) in [4.78, 5) is 30.8. The summed E-state index contributed by atoms with van der Waals surface area (Å²) >= 11 is 1.33. The summed E-state index contributed by atoms with van der Waals surface area (Å²) in [7, 11) is 0. The van der Waals surface area contributed by atoms with Gasteiger partial charge in [-0.15, -0.1) is 11.3 Å². The number of hydrogen-bond acceptors (Lipinski definition) is 5. The van der Waals surface area contributed by atoms with E-state index in [9.17, 15) is 9.59 Å². The van der Waals surface area contributed by atoms with E-state index in [2.05, 4.69) is 10.3 Å². The van der Waals surface area contributed by atoms with E-state index >= 15 is 0 Å². The number of aromatic nitrogens is 1. The third-order valence-electron chi connectivity index (χ3n) is 4.06. The van der Waals surface area contributed by atoms with E-state index < -0.39 is 0 Å². The highest BCUT2D eigenvalue weighted by Crippen LogP contribution is 2.23. The maximum atomic E-state index is 12.5. The van der Waals surface area contributed by atoms with Gasteiger partial charge in [-0.05, 0) is 44.5 Å². The van der Waals surface area contributed by atoms with E-state index in [4.69, 9.17) is 4.42 Å². The molecule has 0 atom stereocenters. The van der Waals surface area contributed by atoms with Crippen LogP contribution in [0.25, 0.3) is 0 Å². The molecule has 1 N–H and O–H groups in total. The van der Waals surface area contributed by atoms with Crippen molar-refractivity contribution in [2.75, 3.05) is 16.8 Å². The van der Waals surface area contributed by atoms with E-state index in [1.807, 2.05) is 39.0 Å². The molecule has 1 aromatic carbocycles. The molecule has 0 aliphatic carbocycles. The van der Waals surface area contributed by atoms with Crippen molar-refractivity contribution in [3.8, 4) is 0 Å². The normalized spacial score (nSPS) is 10.6. The minimum absolute atomic E-state index is 0.140. The highest BCUT2D eigenvalue weighted by molar-refractivity contribution is 7.14. The molecule has 0 saturated heterocycles. The van der Waals surface area contributed by atoms with Gasteiger partial charge in [-0.25, -0.2) is 4.98 Å². The number of rotatable bonds is 6. The van der Waals surface area contributed by atoms with Gasteiger partial charge in [0, 0.05) is 17.6 Å². The fraction of sp³-hybridized carbons (Fsp3) is 0.250. The number of nitrogens with one attached hydrogen (secondary N) is 1. The average Bonchev–Trinajstić information content (AvgIpc) is 3.30. The van der Waals surface area contributed by atoms with Crippen molar-refractivity contribution in [2.45, 2.75) is 27.2 Å². The molecule has 27 heavy (non-hydrogen) atoms. The van der Waals surface area contributed by atoms with E-state index in [1.165, 1.54) is 22.5 Å². The zero-order chi connectivity index (χ0) is 19.4. The maximum Gasteiger partial charge on any atom is 0.295 e. The Morgan fingerprint density at radius 1 is 1.26 bits per heavy atom. The van der Waals surface area contributed by atoms with Crippen molar-refractivity contribution in [3.05, 3.63) is 64.6 Å². The fourth-order valence-electron chi connectivity index (χ4n) is 2.71. The lowest BCUT2D eigenvalue weighted by atomic mass is 10.1. The number of thiazole rings is 1. The highest BCUT2D eigenvalue weighted by Gasteiger charge is 2.21. The van der Waals surface area contributed by atoms with Crippen LogP contribution in [-0.4, -0.2) is 23.3 Å². The molecule has 140 valence electrons. The van der Waals surface area contributed by atoms with E-state index in [1.54, 1.807) is 17.5 Å². The Bertz CT molecular complexity index is 947. The van der Waals surface area contributed by atoms with Crippen LogP contribution in [0.15, 0.2) is 46.4 Å². The summed E-state index contributed by atoms with van der Waals surface area (Å²) in [5, 5.41) is 5.26. The number of anilines is 2. The van der Waals surface area contributed by atoms with Crippen LogP contribution in [-0.2, 0) is 11.2 Å². The lowest BCUT2D eigenvalue weighted by Crippen LogP contribution is -2.30. The van der Waals surface area contributed by atoms with Crippen molar-refractivity contribution in [3.63, 3.8) is 0 Å². The number of benzene rings is 1. The van der Waals surface area contributed by atoms with Crippen molar-refractivity contribution < 1.29 is 14.0 Å². The van der Waals surface area contributed by atoms with Gasteiger partial charge in [0.2, 0.25) is 5.91 Å². The van der Waals surface area contributed by atoms with Gasteiger partial charge in [0.15, 0.2) is 10.9 Å². The second-order valence-corrected chi connectivity index (χ2v) is 7.03. The molecule has 3 aromatic rings. The molecule has 7 heteroatoms. The molecule has 0 bridgehead atoms. The first kappa shape index (κ1) is 18.8. The second-order valence-electron chi connectivity index (χ2n) is 6.19. The van der Waals surface area contributed by atoms with Crippen LogP contribution in [0.5, 0.6) is 0 Å². The molecule has 6 nitrogen and oxygen atoms in total. The van der Waals surface area contributed by atoms with Gasteiger partial charge in [0.1, 0.15) is 0 Å². The topological polar surface area (TPSA) is 75.4 Å². The van der Waals surface area contributed by atoms with E-state index in [0.717, 1.165) is 16.8 Å². The molecule has 2 amide bonds. The van der Waals surface area contributed by atoms with Gasteiger partial charge in [-0.3, -0.25) is 14.5 Å². The third kappa shape index (κ3) is 4.43. The zero-order valence-electron chi connectivity index (χ0n) is 15.5. The number of nitrogens with zero attached hydrogens (tertiary/aromatic N) is 2. The Labute approximate surface area is 161 Å². The molecule has 0 spiro atoms. The molecular weight excluding hydrogens is 362 g/mol. The molecular formula is C20H21N3O3S. The van der Waals surface area contributed by atoms with Crippen LogP contribution >= 0.6 is 11.3 Å². The summed E-state index contributed by atoms with van der Waals surface area (Å²) in [5.74, 6) is -0.122. The van der Waals surface area contributed by atoms with Gasteiger partial charge in [-0.2, -0.15) is 0 Å². The van der Waals surface area contributed by atoms with Crippen LogP contribution in [0.4, 0.5) is 10.8 Å². The smallest absolute Gasteiger partial charge is 0.295 e. The van der Waals surface area contributed by atoms with Crippen LogP contribution in [0.2, 0.25) is 0 Å². The lowest BCUT2D eigenvalue weighted by Gasteiger charge is -2.15. The number of amides is 2. The predicted molar refractivity (Wildman–Crippen MR) is 106 cm³/mol. The minimum atomic E-state index is -0.247. The predicted octanol–water partition coefficient (Wildman–Crippen LogP) is 4.20. The highest BCUT2D eigenvalue weighted by atomic mass is 32.1. The fourth-order valence-corrected chi connectivity index (χ4v) is 3.60. The Morgan fingerprint density at radius 2 is 2.07 bits per heavy atom. The second kappa shape index (κ2) is 8.18. The van der Waals surface area contributed by atoms with E-state index in [-0.39, 0.29) is 24.0 Å². The van der Waals surface area contributed by atoms with Crippen molar-refractivity contribution in [1.29, 1.82) is 0 Å². The number of hydrogen-bond donors (Lipinski definition) is 1. The van der Waals surface area contributed by atoms with Crippen molar-refractivity contribution in [1.82, 2.24) is 4.98 Å². The monoisotopic (exact) mass is 383 g/mol. The third-order valence-corrected chi connectivity index (χ3v) is 4.97. The van der Waals surface area contributed by atoms with Gasteiger partial charge in [-0.1, -0.05) is 17.7 Å². The SMILES string of the molecule is CCN(C(=O)c1ccco1)c1nc(CC(=O)Nc2ccc(C)cc2C)cs1. The standard InChI is InChI=1S/C20H21N3O3S/c1-4-23(19(25)17-6-5-9-26-17)20-21-15(12-27-20)11-18(24)22-16-8-7-13(2)10-14(16)3/h5-10,12H,4,11H2,1-3H3,(H,22,24). The molecule has 0 radical (unpaired) electrons. The van der Waals surface area contributed by atoms with Crippen LogP contribution in [0.3, 0.4) is 0 Å². The molecule has 2 heterocycles. The Hall–Kier alpha value is -2.93. The number of carbonyl (C=O) groups excluding carboxylic acids is 2. The Balaban J connectivity index is 1.67. The zero-order valence-corrected chi connectivity index (χ0v) is 16.3. The quantitative estimate of drug-likeness (QED) is 0.692. The van der Waals surface area contributed by atoms with Crippen LogP contribution in [0, 0.1) is 13.8 Å². The molecule has 0 saturated carbocycles. The minimum Gasteiger partial charge on any atom is -0.459 e. The van der Waals surface area contributed by atoms with Gasteiger partial charge in [0.25, 0.3) is 5.91 Å². The largest absolute Gasteiger partial charge is 0.459 e. The van der Waals surface area contributed by atoms with Crippen LogP contribution < -0.4 is 10.2 Å². The molecule has 0 aliphatic heterocycles. The molecule has 0 unspecified atom stereocenters. The number of aryl methyl sites for hydroxylation is 2. The average molecular weight is 383 g/mol. The molecule has 0 fully saturated rings. The summed E-state index contributed by atoms with van der Waals surface area (Å²) in [5.41, 5.74) is 3.59. The molecule has 2 aromatic heterocycles. The summed E-state index contributed by atoms with van der Waals surface area (Å²) in [6.45, 7) is 6.30. The van der Waals surface area contributed by atoms with Gasteiger partial charge < -0.3 is 9.73 Å². The lowest BCUT2D eigenvalue weighted by molar-refractivity contribution is -0.115. The molecule has 3 rings (SSSR count). The summed E-state index contributed by atoms with van der Waals surface area (Å²) < 4.78 is 5.18. The first-order valence-corrected chi connectivity index (χ1v) is 9.52. The van der Waals surface area contributed by atoms with Crippen molar-refractivity contribution >= 4 is 34.0 Å². The summed E-state index contributed by atoms with van der Waals surface area (Å²) in [6.07, 6.45) is 1.61. The van der Waals surface area contributed by atoms with Crippen molar-refractivity contribution in [2.24, 2.45) is 0 Å². The van der Waals surface area contributed by atoms with Gasteiger partial charge in [0.05, 0.1) is 18.4 Å². The van der Waals surface area contributed by atoms with E-state index in [0.29, 0.717) is 17.4 Å². The first-order valence-electron chi connectivity index (χ1n) is 8.64. The van der Waals surface area contributed by atoms with Gasteiger partial charge >= 0.3 is 0 Å². The maximum absolute atomic E-state index is 12.5. The Morgan fingerprint density at radius 3 is 2.74 bits per heavy atom. The number of furan rings is 1.